The number of benzene rings is 2. The van der Waals surface area contributed by atoms with E-state index < -0.39 is 0 Å². The molecule has 152 valence electrons. The van der Waals surface area contributed by atoms with Crippen LogP contribution in [0.5, 0.6) is 0 Å². The van der Waals surface area contributed by atoms with Crippen molar-refractivity contribution in [1.29, 1.82) is 0 Å². The Morgan fingerprint density at radius 1 is 1.17 bits per heavy atom. The molecule has 1 saturated heterocycles. The van der Waals surface area contributed by atoms with Gasteiger partial charge >= 0.3 is 5.97 Å². The Bertz CT molecular complexity index is 959. The van der Waals surface area contributed by atoms with Crippen molar-refractivity contribution in [3.63, 3.8) is 0 Å². The second-order valence-electron chi connectivity index (χ2n) is 7.20. The van der Waals surface area contributed by atoms with Crippen molar-refractivity contribution >= 4 is 17.0 Å². The molecule has 1 atom stereocenters. The van der Waals surface area contributed by atoms with E-state index >= 15 is 0 Å². The van der Waals surface area contributed by atoms with Crippen LogP contribution >= 0.6 is 0 Å². The molecule has 1 unspecified atom stereocenters. The first kappa shape index (κ1) is 19.6. The van der Waals surface area contributed by atoms with Crippen molar-refractivity contribution in [3.05, 3.63) is 65.5 Å². The van der Waals surface area contributed by atoms with Crippen LogP contribution in [0.25, 0.3) is 11.0 Å². The molecule has 0 N–H and O–H groups in total. The summed E-state index contributed by atoms with van der Waals surface area (Å²) in [6, 6.07) is 15.6. The number of carbonyl (C=O) groups is 1. The van der Waals surface area contributed by atoms with E-state index in [1.54, 1.807) is 12.1 Å². The largest absolute Gasteiger partial charge is 0.465 e. The summed E-state index contributed by atoms with van der Waals surface area (Å²) in [4.78, 5) is 16.5. The molecule has 6 heteroatoms. The molecule has 0 aliphatic carbocycles. The number of hydrogen-bond donors (Lipinski definition) is 0. The fourth-order valence-corrected chi connectivity index (χ4v) is 3.69. The van der Waals surface area contributed by atoms with Crippen molar-refractivity contribution in [3.8, 4) is 0 Å². The minimum absolute atomic E-state index is 0.0900. The molecule has 0 radical (unpaired) electrons. The number of hydrogen-bond acceptors (Lipinski definition) is 5. The van der Waals surface area contributed by atoms with Gasteiger partial charge < -0.3 is 18.8 Å². The molecule has 0 saturated carbocycles. The van der Waals surface area contributed by atoms with E-state index in [4.69, 9.17) is 19.2 Å². The minimum atomic E-state index is -0.328. The molecule has 1 aliphatic rings. The SMILES string of the molecule is COC(=O)c1ccc(Cc2nc3ccccc3n2CCOC2CCCCO2)cc1. The van der Waals surface area contributed by atoms with E-state index in [9.17, 15) is 4.79 Å². The molecule has 2 heterocycles. The van der Waals surface area contributed by atoms with Crippen LogP contribution in [-0.4, -0.2) is 42.1 Å². The second-order valence-corrected chi connectivity index (χ2v) is 7.20. The van der Waals surface area contributed by atoms with Crippen LogP contribution in [0, 0.1) is 0 Å². The van der Waals surface area contributed by atoms with Gasteiger partial charge in [0.05, 0.1) is 30.3 Å². The van der Waals surface area contributed by atoms with Gasteiger partial charge in [0.2, 0.25) is 0 Å². The lowest BCUT2D eigenvalue weighted by Crippen LogP contribution is -2.24. The maximum Gasteiger partial charge on any atom is 0.337 e. The van der Waals surface area contributed by atoms with Crippen molar-refractivity contribution in [2.45, 2.75) is 38.5 Å². The fraction of sp³-hybridized carbons (Fsp3) is 0.391. The number of carbonyl (C=O) groups excluding carboxylic acids is 1. The van der Waals surface area contributed by atoms with Crippen LogP contribution in [-0.2, 0) is 27.2 Å². The summed E-state index contributed by atoms with van der Waals surface area (Å²) in [5.74, 6) is 0.649. The molecular formula is C23H26N2O4. The van der Waals surface area contributed by atoms with E-state index in [0.29, 0.717) is 18.6 Å². The Balaban J connectivity index is 1.50. The lowest BCUT2D eigenvalue weighted by atomic mass is 10.1. The smallest absolute Gasteiger partial charge is 0.337 e. The molecule has 1 aliphatic heterocycles. The van der Waals surface area contributed by atoms with Crippen molar-refractivity contribution in [2.75, 3.05) is 20.3 Å². The van der Waals surface area contributed by atoms with Gasteiger partial charge in [0.25, 0.3) is 0 Å². The van der Waals surface area contributed by atoms with Crippen LogP contribution in [0.3, 0.4) is 0 Å². The third-order valence-electron chi connectivity index (χ3n) is 5.23. The molecule has 2 aromatic carbocycles. The van der Waals surface area contributed by atoms with Crippen molar-refractivity contribution < 1.29 is 19.0 Å². The highest BCUT2D eigenvalue weighted by molar-refractivity contribution is 5.89. The number of nitrogens with zero attached hydrogens (tertiary/aromatic N) is 2. The maximum absolute atomic E-state index is 11.6. The zero-order valence-corrected chi connectivity index (χ0v) is 16.7. The second kappa shape index (κ2) is 9.20. The Morgan fingerprint density at radius 2 is 2.00 bits per heavy atom. The van der Waals surface area contributed by atoms with Crippen molar-refractivity contribution in [2.24, 2.45) is 0 Å². The summed E-state index contributed by atoms with van der Waals surface area (Å²) in [5, 5.41) is 0. The summed E-state index contributed by atoms with van der Waals surface area (Å²) in [5.41, 5.74) is 3.71. The first-order valence-corrected chi connectivity index (χ1v) is 10.1. The summed E-state index contributed by atoms with van der Waals surface area (Å²) in [7, 11) is 1.39. The number of imidazole rings is 1. The van der Waals surface area contributed by atoms with E-state index in [1.165, 1.54) is 7.11 Å². The maximum atomic E-state index is 11.6. The topological polar surface area (TPSA) is 62.6 Å². The zero-order chi connectivity index (χ0) is 20.1. The Kier molecular flexibility index (Phi) is 6.22. The monoisotopic (exact) mass is 394 g/mol. The summed E-state index contributed by atoms with van der Waals surface area (Å²) in [6.07, 6.45) is 3.82. The van der Waals surface area contributed by atoms with E-state index in [2.05, 4.69) is 10.6 Å². The summed E-state index contributed by atoms with van der Waals surface area (Å²) >= 11 is 0. The fourth-order valence-electron chi connectivity index (χ4n) is 3.69. The average molecular weight is 394 g/mol. The molecule has 29 heavy (non-hydrogen) atoms. The van der Waals surface area contributed by atoms with Gasteiger partial charge in [-0.05, 0) is 49.1 Å². The standard InChI is InChI=1S/C23H26N2O4/c1-27-23(26)18-11-9-17(10-12-18)16-21-24-19-6-2-3-7-20(19)25(21)13-15-29-22-8-4-5-14-28-22/h2-3,6-7,9-12,22H,4-5,8,13-16H2,1H3. The van der Waals surface area contributed by atoms with E-state index in [0.717, 1.165) is 54.8 Å². The molecule has 0 spiro atoms. The van der Waals surface area contributed by atoms with Gasteiger partial charge in [-0.15, -0.1) is 0 Å². The molecule has 4 rings (SSSR count). The number of para-hydroxylation sites is 2. The minimum Gasteiger partial charge on any atom is -0.465 e. The summed E-state index contributed by atoms with van der Waals surface area (Å²) < 4.78 is 18.6. The third-order valence-corrected chi connectivity index (χ3v) is 5.23. The lowest BCUT2D eigenvalue weighted by Gasteiger charge is -2.23. The Hall–Kier alpha value is -2.70. The highest BCUT2D eigenvalue weighted by Crippen LogP contribution is 2.20. The Morgan fingerprint density at radius 3 is 2.76 bits per heavy atom. The molecule has 0 amide bonds. The van der Waals surface area contributed by atoms with Gasteiger partial charge in [-0.1, -0.05) is 24.3 Å². The number of methoxy groups -OCH3 is 1. The number of aromatic nitrogens is 2. The highest BCUT2D eigenvalue weighted by atomic mass is 16.7. The summed E-state index contributed by atoms with van der Waals surface area (Å²) in [6.45, 7) is 2.08. The van der Waals surface area contributed by atoms with E-state index in [1.807, 2.05) is 30.3 Å². The number of ether oxygens (including phenoxy) is 3. The van der Waals surface area contributed by atoms with Crippen LogP contribution in [0.2, 0.25) is 0 Å². The Labute approximate surface area is 170 Å². The van der Waals surface area contributed by atoms with Crippen LogP contribution < -0.4 is 0 Å². The van der Waals surface area contributed by atoms with Crippen LogP contribution in [0.1, 0.15) is 41.0 Å². The predicted octanol–water partition coefficient (Wildman–Crippen LogP) is 3.96. The first-order valence-electron chi connectivity index (χ1n) is 10.1. The zero-order valence-electron chi connectivity index (χ0n) is 16.7. The molecule has 6 nitrogen and oxygen atoms in total. The number of esters is 1. The van der Waals surface area contributed by atoms with Gasteiger partial charge in [-0.2, -0.15) is 0 Å². The predicted molar refractivity (Wildman–Crippen MR) is 110 cm³/mol. The average Bonchev–Trinajstić information content (AvgIpc) is 3.11. The van der Waals surface area contributed by atoms with Crippen LogP contribution in [0.15, 0.2) is 48.5 Å². The molecule has 3 aromatic rings. The van der Waals surface area contributed by atoms with Gasteiger partial charge in [0.15, 0.2) is 6.29 Å². The van der Waals surface area contributed by atoms with Crippen LogP contribution in [0.4, 0.5) is 0 Å². The highest BCUT2D eigenvalue weighted by Gasteiger charge is 2.16. The molecule has 1 aromatic heterocycles. The third kappa shape index (κ3) is 4.66. The van der Waals surface area contributed by atoms with Crippen molar-refractivity contribution in [1.82, 2.24) is 9.55 Å². The molecule has 1 fully saturated rings. The normalized spacial score (nSPS) is 16.8. The quantitative estimate of drug-likeness (QED) is 0.568. The molecular weight excluding hydrogens is 368 g/mol. The van der Waals surface area contributed by atoms with Gasteiger partial charge in [0, 0.05) is 19.6 Å². The van der Waals surface area contributed by atoms with Gasteiger partial charge in [0.1, 0.15) is 5.82 Å². The number of rotatable bonds is 7. The first-order chi connectivity index (χ1) is 14.2. The van der Waals surface area contributed by atoms with E-state index in [-0.39, 0.29) is 12.3 Å². The molecule has 0 bridgehead atoms. The van der Waals surface area contributed by atoms with Gasteiger partial charge in [-0.3, -0.25) is 0 Å². The number of fused-ring (bicyclic) bond motifs is 1. The lowest BCUT2D eigenvalue weighted by molar-refractivity contribution is -0.163. The van der Waals surface area contributed by atoms with Gasteiger partial charge in [-0.25, -0.2) is 9.78 Å².